The number of carbonyl (C=O) groups is 1. The first-order chi connectivity index (χ1) is 14.0. The highest BCUT2D eigenvalue weighted by Gasteiger charge is 2.24. The fourth-order valence-electron chi connectivity index (χ4n) is 3.68. The Labute approximate surface area is 169 Å². The molecule has 0 aliphatic carbocycles. The molecular weight excluding hydrogens is 369 g/mol. The van der Waals surface area contributed by atoms with Gasteiger partial charge in [-0.25, -0.2) is 9.37 Å². The molecule has 0 N–H and O–H groups in total. The van der Waals surface area contributed by atoms with Crippen LogP contribution in [-0.4, -0.2) is 42.0 Å². The average Bonchev–Trinajstić information content (AvgIpc) is 3.09. The molecular formula is C23H24FN3O2. The van der Waals surface area contributed by atoms with Crippen LogP contribution in [0.25, 0.3) is 11.5 Å². The second-order valence-electron chi connectivity index (χ2n) is 7.33. The summed E-state index contributed by atoms with van der Waals surface area (Å²) in [6.07, 6.45) is 0.209. The number of para-hydroxylation sites is 1. The van der Waals surface area contributed by atoms with Crippen molar-refractivity contribution >= 4 is 11.6 Å². The third-order valence-electron chi connectivity index (χ3n) is 5.41. The summed E-state index contributed by atoms with van der Waals surface area (Å²) < 4.78 is 19.8. The normalized spacial score (nSPS) is 14.3. The van der Waals surface area contributed by atoms with Crippen molar-refractivity contribution in [2.45, 2.75) is 20.3 Å². The molecule has 0 atom stereocenters. The smallest absolute Gasteiger partial charge is 0.228 e. The van der Waals surface area contributed by atoms with Crippen LogP contribution in [0.5, 0.6) is 0 Å². The number of oxazole rings is 1. The first-order valence-electron chi connectivity index (χ1n) is 9.82. The maximum Gasteiger partial charge on any atom is 0.228 e. The van der Waals surface area contributed by atoms with Gasteiger partial charge in [0.05, 0.1) is 17.8 Å². The lowest BCUT2D eigenvalue weighted by Gasteiger charge is -2.36. The lowest BCUT2D eigenvalue weighted by molar-refractivity contribution is -0.130. The van der Waals surface area contributed by atoms with Crippen molar-refractivity contribution in [1.29, 1.82) is 0 Å². The zero-order valence-electron chi connectivity index (χ0n) is 16.7. The Kier molecular flexibility index (Phi) is 5.34. The summed E-state index contributed by atoms with van der Waals surface area (Å²) in [5.74, 6) is 1.01. The molecule has 1 aliphatic heterocycles. The minimum atomic E-state index is -0.228. The second kappa shape index (κ2) is 8.07. The van der Waals surface area contributed by atoms with Crippen molar-refractivity contribution in [3.63, 3.8) is 0 Å². The standard InChI is InChI=1S/C23H24FN3O2/c1-16-7-3-4-8-18(16)23-25-20(17(2)29-23)15-22(28)27-13-11-26(12-14-27)21-10-6-5-9-19(21)24/h3-10H,11-15H2,1-2H3. The largest absolute Gasteiger partial charge is 0.441 e. The Morgan fingerprint density at radius 2 is 1.72 bits per heavy atom. The molecule has 4 rings (SSSR count). The molecule has 6 heteroatoms. The van der Waals surface area contributed by atoms with Crippen molar-refractivity contribution in [3.8, 4) is 11.5 Å². The topological polar surface area (TPSA) is 49.6 Å². The molecule has 3 aromatic rings. The van der Waals surface area contributed by atoms with Gasteiger partial charge in [-0.15, -0.1) is 0 Å². The molecule has 29 heavy (non-hydrogen) atoms. The van der Waals surface area contributed by atoms with Crippen LogP contribution in [-0.2, 0) is 11.2 Å². The average molecular weight is 393 g/mol. The van der Waals surface area contributed by atoms with Gasteiger partial charge in [-0.05, 0) is 37.6 Å². The van der Waals surface area contributed by atoms with E-state index in [2.05, 4.69) is 4.98 Å². The monoisotopic (exact) mass is 393 g/mol. The fourth-order valence-corrected chi connectivity index (χ4v) is 3.68. The maximum absolute atomic E-state index is 14.0. The van der Waals surface area contributed by atoms with E-state index in [1.54, 1.807) is 12.1 Å². The molecule has 0 unspecified atom stereocenters. The minimum absolute atomic E-state index is 0.0194. The first-order valence-corrected chi connectivity index (χ1v) is 9.82. The van der Waals surface area contributed by atoms with E-state index < -0.39 is 0 Å². The number of halogens is 1. The van der Waals surface area contributed by atoms with Crippen molar-refractivity contribution in [1.82, 2.24) is 9.88 Å². The van der Waals surface area contributed by atoms with E-state index in [1.807, 2.05) is 54.0 Å². The lowest BCUT2D eigenvalue weighted by atomic mass is 10.1. The third kappa shape index (κ3) is 4.01. The van der Waals surface area contributed by atoms with Gasteiger partial charge in [0.1, 0.15) is 11.6 Å². The van der Waals surface area contributed by atoms with Gasteiger partial charge < -0.3 is 14.2 Å². The molecule has 1 saturated heterocycles. The lowest BCUT2D eigenvalue weighted by Crippen LogP contribution is -2.49. The molecule has 0 spiro atoms. The van der Waals surface area contributed by atoms with Crippen molar-refractivity contribution in [3.05, 3.63) is 71.4 Å². The highest BCUT2D eigenvalue weighted by atomic mass is 19.1. The summed E-state index contributed by atoms with van der Waals surface area (Å²) >= 11 is 0. The van der Waals surface area contributed by atoms with Gasteiger partial charge in [-0.1, -0.05) is 30.3 Å². The molecule has 150 valence electrons. The number of hydrogen-bond donors (Lipinski definition) is 0. The number of nitrogens with zero attached hydrogens (tertiary/aromatic N) is 3. The number of benzene rings is 2. The number of aryl methyl sites for hydroxylation is 2. The van der Waals surface area contributed by atoms with Crippen molar-refractivity contribution in [2.75, 3.05) is 31.1 Å². The van der Waals surface area contributed by atoms with E-state index in [4.69, 9.17) is 4.42 Å². The van der Waals surface area contributed by atoms with Crippen LogP contribution in [0, 0.1) is 19.7 Å². The Balaban J connectivity index is 1.41. The number of carbonyl (C=O) groups excluding carboxylic acids is 1. The van der Waals surface area contributed by atoms with Crippen LogP contribution in [0.4, 0.5) is 10.1 Å². The predicted octanol–water partition coefficient (Wildman–Crippen LogP) is 3.99. The van der Waals surface area contributed by atoms with Gasteiger partial charge in [-0.3, -0.25) is 4.79 Å². The van der Waals surface area contributed by atoms with E-state index in [9.17, 15) is 9.18 Å². The van der Waals surface area contributed by atoms with Crippen LogP contribution in [0.2, 0.25) is 0 Å². The SMILES string of the molecule is Cc1ccccc1-c1nc(CC(=O)N2CCN(c3ccccc3F)CC2)c(C)o1. The van der Waals surface area contributed by atoms with Crippen molar-refractivity contribution in [2.24, 2.45) is 0 Å². The van der Waals surface area contributed by atoms with E-state index >= 15 is 0 Å². The Hall–Kier alpha value is -3.15. The summed E-state index contributed by atoms with van der Waals surface area (Å²) in [7, 11) is 0. The Morgan fingerprint density at radius 3 is 2.45 bits per heavy atom. The van der Waals surface area contributed by atoms with Gasteiger partial charge >= 0.3 is 0 Å². The molecule has 1 amide bonds. The van der Waals surface area contributed by atoms with Gasteiger partial charge in [-0.2, -0.15) is 0 Å². The highest BCUT2D eigenvalue weighted by Crippen LogP contribution is 2.25. The van der Waals surface area contributed by atoms with Crippen LogP contribution in [0.1, 0.15) is 17.0 Å². The maximum atomic E-state index is 14.0. The Morgan fingerprint density at radius 1 is 1.03 bits per heavy atom. The zero-order chi connectivity index (χ0) is 20.4. The predicted molar refractivity (Wildman–Crippen MR) is 110 cm³/mol. The van der Waals surface area contributed by atoms with Gasteiger partial charge in [0.25, 0.3) is 0 Å². The molecule has 0 bridgehead atoms. The highest BCUT2D eigenvalue weighted by molar-refractivity contribution is 5.79. The molecule has 1 fully saturated rings. The summed E-state index contributed by atoms with van der Waals surface area (Å²) in [4.78, 5) is 21.2. The van der Waals surface area contributed by atoms with Crippen molar-refractivity contribution < 1.29 is 13.6 Å². The molecule has 1 aliphatic rings. The fraction of sp³-hybridized carbons (Fsp3) is 0.304. The number of piperazine rings is 1. The van der Waals surface area contributed by atoms with E-state index in [0.29, 0.717) is 49.2 Å². The number of rotatable bonds is 4. The molecule has 0 radical (unpaired) electrons. The summed E-state index contributed by atoms with van der Waals surface area (Å²) in [6, 6.07) is 14.6. The summed E-state index contributed by atoms with van der Waals surface area (Å²) in [6.45, 7) is 6.20. The van der Waals surface area contributed by atoms with Gasteiger partial charge in [0.2, 0.25) is 11.8 Å². The molecule has 0 saturated carbocycles. The number of aromatic nitrogens is 1. The quantitative estimate of drug-likeness (QED) is 0.673. The van der Waals surface area contributed by atoms with Crippen LogP contribution in [0.3, 0.4) is 0 Å². The van der Waals surface area contributed by atoms with Crippen LogP contribution in [0.15, 0.2) is 52.9 Å². The van der Waals surface area contributed by atoms with E-state index in [1.165, 1.54) is 6.07 Å². The third-order valence-corrected chi connectivity index (χ3v) is 5.41. The summed E-state index contributed by atoms with van der Waals surface area (Å²) in [5, 5.41) is 0. The molecule has 1 aromatic heterocycles. The summed E-state index contributed by atoms with van der Waals surface area (Å²) in [5.41, 5.74) is 3.28. The van der Waals surface area contributed by atoms with Crippen LogP contribution >= 0.6 is 0 Å². The van der Waals surface area contributed by atoms with Gasteiger partial charge in [0.15, 0.2) is 0 Å². The number of amides is 1. The van der Waals surface area contributed by atoms with E-state index in [0.717, 1.165) is 11.1 Å². The zero-order valence-corrected chi connectivity index (χ0v) is 16.7. The Bertz CT molecular complexity index is 1020. The van der Waals surface area contributed by atoms with Gasteiger partial charge in [0, 0.05) is 31.7 Å². The number of anilines is 1. The van der Waals surface area contributed by atoms with E-state index in [-0.39, 0.29) is 18.1 Å². The molecule has 5 nitrogen and oxygen atoms in total. The first kappa shape index (κ1) is 19.2. The minimum Gasteiger partial charge on any atom is -0.441 e. The molecule has 2 heterocycles. The second-order valence-corrected chi connectivity index (χ2v) is 7.33. The number of hydrogen-bond acceptors (Lipinski definition) is 4. The molecule has 2 aromatic carbocycles. The van der Waals surface area contributed by atoms with Crippen LogP contribution < -0.4 is 4.90 Å².